The highest BCUT2D eigenvalue weighted by Crippen LogP contribution is 2.12. The number of hydrogen-bond donors (Lipinski definition) is 2. The molecule has 17 heavy (non-hydrogen) atoms. The Hall–Kier alpha value is -1.85. The number of imidazole rings is 1. The molecule has 1 aromatic heterocycles. The molecule has 1 amide bonds. The van der Waals surface area contributed by atoms with E-state index in [1.807, 2.05) is 13.8 Å². The van der Waals surface area contributed by atoms with Gasteiger partial charge in [0.2, 0.25) is 0 Å². The van der Waals surface area contributed by atoms with Crippen molar-refractivity contribution in [2.45, 2.75) is 26.2 Å². The SMILES string of the molecule is CC(C)c1ncc(C(=O)N2CCCN=C2N)[nH]1. The number of rotatable bonds is 2. The monoisotopic (exact) mass is 235 g/mol. The van der Waals surface area contributed by atoms with E-state index < -0.39 is 0 Å². The number of nitrogens with zero attached hydrogens (tertiary/aromatic N) is 3. The molecule has 0 fully saturated rings. The summed E-state index contributed by atoms with van der Waals surface area (Å²) in [5.74, 6) is 1.21. The van der Waals surface area contributed by atoms with Gasteiger partial charge in [0.25, 0.3) is 5.91 Å². The van der Waals surface area contributed by atoms with Crippen LogP contribution in [0.1, 0.15) is 42.5 Å². The molecule has 0 unspecified atom stereocenters. The molecule has 0 atom stereocenters. The molecule has 0 saturated heterocycles. The van der Waals surface area contributed by atoms with Crippen molar-refractivity contribution >= 4 is 11.9 Å². The van der Waals surface area contributed by atoms with Gasteiger partial charge in [0.05, 0.1) is 6.20 Å². The maximum Gasteiger partial charge on any atom is 0.278 e. The van der Waals surface area contributed by atoms with Crippen molar-refractivity contribution in [1.82, 2.24) is 14.9 Å². The number of amides is 1. The number of aliphatic imine (C=N–C) groups is 1. The lowest BCUT2D eigenvalue weighted by Crippen LogP contribution is -2.45. The van der Waals surface area contributed by atoms with E-state index in [0.29, 0.717) is 24.7 Å². The Morgan fingerprint density at radius 1 is 1.59 bits per heavy atom. The first-order valence-corrected chi connectivity index (χ1v) is 5.76. The minimum atomic E-state index is -0.162. The van der Waals surface area contributed by atoms with Gasteiger partial charge in [-0.1, -0.05) is 13.8 Å². The number of H-pyrrole nitrogens is 1. The number of hydrogen-bond acceptors (Lipinski definition) is 4. The number of guanidine groups is 1. The summed E-state index contributed by atoms with van der Waals surface area (Å²) in [6, 6.07) is 0. The summed E-state index contributed by atoms with van der Waals surface area (Å²) in [4.78, 5) is 24.9. The van der Waals surface area contributed by atoms with E-state index in [1.165, 1.54) is 4.90 Å². The third kappa shape index (κ3) is 2.30. The Morgan fingerprint density at radius 3 is 2.94 bits per heavy atom. The van der Waals surface area contributed by atoms with Crippen LogP contribution >= 0.6 is 0 Å². The Morgan fingerprint density at radius 2 is 2.35 bits per heavy atom. The number of carbonyl (C=O) groups is 1. The average molecular weight is 235 g/mol. The Kier molecular flexibility index (Phi) is 3.12. The fourth-order valence-corrected chi connectivity index (χ4v) is 1.71. The van der Waals surface area contributed by atoms with Crippen molar-refractivity contribution in [1.29, 1.82) is 0 Å². The first-order chi connectivity index (χ1) is 8.09. The predicted octanol–water partition coefficient (Wildman–Crippen LogP) is 0.694. The van der Waals surface area contributed by atoms with Crippen LogP contribution in [0.4, 0.5) is 0 Å². The number of aromatic nitrogens is 2. The van der Waals surface area contributed by atoms with Crippen molar-refractivity contribution < 1.29 is 4.79 Å². The molecule has 6 heteroatoms. The van der Waals surface area contributed by atoms with Gasteiger partial charge >= 0.3 is 0 Å². The summed E-state index contributed by atoms with van der Waals surface area (Å²) < 4.78 is 0. The molecule has 0 spiro atoms. The molecular weight excluding hydrogens is 218 g/mol. The maximum atomic E-state index is 12.1. The molecule has 0 bridgehead atoms. The van der Waals surface area contributed by atoms with Gasteiger partial charge in [-0.05, 0) is 6.42 Å². The highest BCUT2D eigenvalue weighted by atomic mass is 16.2. The molecule has 3 N–H and O–H groups in total. The van der Waals surface area contributed by atoms with Gasteiger partial charge in [-0.25, -0.2) is 4.98 Å². The van der Waals surface area contributed by atoms with Gasteiger partial charge in [0, 0.05) is 19.0 Å². The molecule has 6 nitrogen and oxygen atoms in total. The highest BCUT2D eigenvalue weighted by Gasteiger charge is 2.23. The lowest BCUT2D eigenvalue weighted by atomic mass is 10.2. The van der Waals surface area contributed by atoms with Crippen LogP contribution < -0.4 is 5.73 Å². The van der Waals surface area contributed by atoms with Crippen LogP contribution in [0.25, 0.3) is 0 Å². The molecule has 0 saturated carbocycles. The van der Waals surface area contributed by atoms with Crippen LogP contribution in [0.5, 0.6) is 0 Å². The van der Waals surface area contributed by atoms with E-state index in [0.717, 1.165) is 12.2 Å². The van der Waals surface area contributed by atoms with Gasteiger partial charge in [0.15, 0.2) is 5.96 Å². The van der Waals surface area contributed by atoms with Crippen molar-refractivity contribution in [2.75, 3.05) is 13.1 Å². The Labute approximate surface area is 99.9 Å². The van der Waals surface area contributed by atoms with E-state index in [1.54, 1.807) is 6.20 Å². The zero-order valence-electron chi connectivity index (χ0n) is 10.1. The molecule has 92 valence electrons. The van der Waals surface area contributed by atoms with Crippen molar-refractivity contribution in [3.63, 3.8) is 0 Å². The maximum absolute atomic E-state index is 12.1. The molecule has 0 aliphatic carbocycles. The zero-order chi connectivity index (χ0) is 12.4. The predicted molar refractivity (Wildman–Crippen MR) is 64.8 cm³/mol. The molecular formula is C11H17N5O. The fraction of sp³-hybridized carbons (Fsp3) is 0.545. The second-order valence-corrected chi connectivity index (χ2v) is 4.39. The summed E-state index contributed by atoms with van der Waals surface area (Å²) in [5.41, 5.74) is 6.17. The third-order valence-corrected chi connectivity index (χ3v) is 2.71. The van der Waals surface area contributed by atoms with Crippen LogP contribution in [0, 0.1) is 0 Å². The van der Waals surface area contributed by atoms with Crippen LogP contribution in [0.2, 0.25) is 0 Å². The molecule has 1 aromatic rings. The lowest BCUT2D eigenvalue weighted by Gasteiger charge is -2.23. The van der Waals surface area contributed by atoms with Gasteiger partial charge in [-0.15, -0.1) is 0 Å². The Bertz CT molecular complexity index is 448. The first kappa shape index (κ1) is 11.6. The van der Waals surface area contributed by atoms with E-state index in [-0.39, 0.29) is 11.8 Å². The number of nitrogens with two attached hydrogens (primary N) is 1. The molecule has 0 aromatic carbocycles. The summed E-state index contributed by atoms with van der Waals surface area (Å²) in [5, 5.41) is 0. The number of aromatic amines is 1. The van der Waals surface area contributed by atoms with Crippen molar-refractivity contribution in [3.05, 3.63) is 17.7 Å². The fourth-order valence-electron chi connectivity index (χ4n) is 1.71. The highest BCUT2D eigenvalue weighted by molar-refractivity contribution is 6.04. The summed E-state index contributed by atoms with van der Waals surface area (Å²) in [7, 11) is 0. The van der Waals surface area contributed by atoms with Crippen molar-refractivity contribution in [2.24, 2.45) is 10.7 Å². The third-order valence-electron chi connectivity index (χ3n) is 2.71. The number of nitrogens with one attached hydrogen (secondary N) is 1. The number of carbonyl (C=O) groups excluding carboxylic acids is 1. The largest absolute Gasteiger partial charge is 0.369 e. The minimum absolute atomic E-state index is 0.162. The van der Waals surface area contributed by atoms with Crippen LogP contribution in [0.3, 0.4) is 0 Å². The average Bonchev–Trinajstić information content (AvgIpc) is 2.78. The molecule has 2 rings (SSSR count). The lowest BCUT2D eigenvalue weighted by molar-refractivity contribution is 0.0835. The Balaban J connectivity index is 2.18. The van der Waals surface area contributed by atoms with Crippen LogP contribution in [0.15, 0.2) is 11.2 Å². The van der Waals surface area contributed by atoms with Gasteiger partial charge in [0.1, 0.15) is 11.5 Å². The topological polar surface area (TPSA) is 87.4 Å². The van der Waals surface area contributed by atoms with Crippen LogP contribution in [-0.4, -0.2) is 39.8 Å². The van der Waals surface area contributed by atoms with Gasteiger partial charge in [-0.2, -0.15) is 0 Å². The minimum Gasteiger partial charge on any atom is -0.369 e. The summed E-state index contributed by atoms with van der Waals surface area (Å²) >= 11 is 0. The van der Waals surface area contributed by atoms with E-state index in [4.69, 9.17) is 5.73 Å². The second-order valence-electron chi connectivity index (χ2n) is 4.39. The normalized spacial score (nSPS) is 16.2. The molecule has 1 aliphatic heterocycles. The van der Waals surface area contributed by atoms with E-state index in [2.05, 4.69) is 15.0 Å². The quantitative estimate of drug-likeness (QED) is 0.790. The van der Waals surface area contributed by atoms with Gasteiger partial charge < -0.3 is 10.7 Å². The smallest absolute Gasteiger partial charge is 0.278 e. The first-order valence-electron chi connectivity index (χ1n) is 5.76. The molecule has 2 heterocycles. The standard InChI is InChI=1S/C11H17N5O/c1-7(2)9-14-6-8(15-9)10(17)16-5-3-4-13-11(16)12/h6-7H,3-5H2,1-2H3,(H2,12,13)(H,14,15). The summed E-state index contributed by atoms with van der Waals surface area (Å²) in [6.07, 6.45) is 2.40. The summed E-state index contributed by atoms with van der Waals surface area (Å²) in [6.45, 7) is 5.34. The van der Waals surface area contributed by atoms with E-state index in [9.17, 15) is 4.79 Å². The van der Waals surface area contributed by atoms with Gasteiger partial charge in [-0.3, -0.25) is 14.7 Å². The van der Waals surface area contributed by atoms with Crippen molar-refractivity contribution in [3.8, 4) is 0 Å². The zero-order valence-corrected chi connectivity index (χ0v) is 10.1. The molecule has 1 aliphatic rings. The van der Waals surface area contributed by atoms with Crippen LogP contribution in [-0.2, 0) is 0 Å². The van der Waals surface area contributed by atoms with E-state index >= 15 is 0 Å². The second kappa shape index (κ2) is 4.57. The molecule has 0 radical (unpaired) electrons.